The van der Waals surface area contributed by atoms with E-state index in [1.54, 1.807) is 0 Å². The molecule has 4 aliphatic carbocycles. The standard InChI is InChI=1S/C39H66O16/c1-17(16-51-34-32(47)30(45)28(43)24(14-40)53-34)5-10-39(50)18(2)27-23(55-39)12-22-20-6-9-38(49)13-19(52-35-33(48)31(46)29(44)25(15-41)54-35)11-26(42)37(38,4)21(20)7-8-36(22,27)3/h17-35,40-50H,5-16H2,1-4H3/t17-,18-,19-,20+,21-,22-,23-,24+,25+,26+,27-,28+,29+,30-,31-,32+,33+,34+,35+,36-,37-,38-,39+/m0/s1. The predicted molar refractivity (Wildman–Crippen MR) is 189 cm³/mol. The molecule has 0 spiro atoms. The maximum Gasteiger partial charge on any atom is 0.186 e. The average molecular weight is 791 g/mol. The van der Waals surface area contributed by atoms with Crippen molar-refractivity contribution in [1.29, 1.82) is 0 Å². The zero-order valence-corrected chi connectivity index (χ0v) is 32.4. The first-order chi connectivity index (χ1) is 25.8. The zero-order chi connectivity index (χ0) is 40.0. The van der Waals surface area contributed by atoms with Crippen molar-refractivity contribution >= 4 is 0 Å². The lowest BCUT2D eigenvalue weighted by Gasteiger charge is -2.65. The van der Waals surface area contributed by atoms with Gasteiger partial charge in [-0.1, -0.05) is 27.7 Å². The van der Waals surface area contributed by atoms with Crippen LogP contribution in [0.15, 0.2) is 0 Å². The van der Waals surface area contributed by atoms with Gasteiger partial charge in [-0.05, 0) is 73.5 Å². The van der Waals surface area contributed by atoms with Crippen molar-refractivity contribution in [2.75, 3.05) is 19.8 Å². The Morgan fingerprint density at radius 3 is 2.02 bits per heavy atom. The van der Waals surface area contributed by atoms with Gasteiger partial charge in [0.25, 0.3) is 0 Å². The Morgan fingerprint density at radius 2 is 1.38 bits per heavy atom. The molecule has 0 aromatic rings. The van der Waals surface area contributed by atoms with Crippen LogP contribution in [-0.4, -0.2) is 167 Å². The minimum absolute atomic E-state index is 0.0325. The number of aliphatic hydroxyl groups excluding tert-OH is 9. The highest BCUT2D eigenvalue weighted by Gasteiger charge is 2.71. The highest BCUT2D eigenvalue weighted by Crippen LogP contribution is 2.71. The van der Waals surface area contributed by atoms with E-state index in [2.05, 4.69) is 13.8 Å². The van der Waals surface area contributed by atoms with Crippen LogP contribution in [0.1, 0.15) is 85.5 Å². The van der Waals surface area contributed by atoms with Crippen LogP contribution in [0, 0.1) is 46.3 Å². The highest BCUT2D eigenvalue weighted by molar-refractivity contribution is 5.19. The molecule has 16 heteroatoms. The van der Waals surface area contributed by atoms with Gasteiger partial charge in [-0.3, -0.25) is 0 Å². The summed E-state index contributed by atoms with van der Waals surface area (Å²) >= 11 is 0. The van der Waals surface area contributed by atoms with Crippen LogP contribution in [-0.2, 0) is 23.7 Å². The molecule has 0 aromatic carbocycles. The minimum Gasteiger partial charge on any atom is -0.394 e. The Balaban J connectivity index is 0.967. The summed E-state index contributed by atoms with van der Waals surface area (Å²) in [6.07, 6.45) is -10.7. The predicted octanol–water partition coefficient (Wildman–Crippen LogP) is -1.52. The van der Waals surface area contributed by atoms with Crippen molar-refractivity contribution < 1.29 is 79.9 Å². The topological polar surface area (TPSA) is 269 Å². The van der Waals surface area contributed by atoms with Gasteiger partial charge in [-0.15, -0.1) is 0 Å². The van der Waals surface area contributed by atoms with E-state index < -0.39 is 104 Å². The van der Waals surface area contributed by atoms with E-state index in [0.29, 0.717) is 19.3 Å². The molecule has 7 aliphatic rings. The van der Waals surface area contributed by atoms with Crippen molar-refractivity contribution in [3.8, 4) is 0 Å². The summed E-state index contributed by atoms with van der Waals surface area (Å²) in [4.78, 5) is 0. The van der Waals surface area contributed by atoms with Gasteiger partial charge in [0.05, 0.1) is 43.7 Å². The summed E-state index contributed by atoms with van der Waals surface area (Å²) in [6, 6.07) is 0. The monoisotopic (exact) mass is 790 g/mol. The molecule has 0 amide bonds. The fourth-order valence-corrected chi connectivity index (χ4v) is 12.7. The van der Waals surface area contributed by atoms with Gasteiger partial charge in [-0.25, -0.2) is 0 Å². The Bertz CT molecular complexity index is 1340. The first-order valence-electron chi connectivity index (χ1n) is 20.5. The average Bonchev–Trinajstić information content (AvgIpc) is 3.58. The van der Waals surface area contributed by atoms with Crippen LogP contribution >= 0.6 is 0 Å². The van der Waals surface area contributed by atoms with Gasteiger partial charge in [0.1, 0.15) is 48.8 Å². The molecular formula is C39H66O16. The molecule has 16 nitrogen and oxygen atoms in total. The number of rotatable bonds is 10. The molecule has 0 radical (unpaired) electrons. The second-order valence-electron chi connectivity index (χ2n) is 18.9. The maximum absolute atomic E-state index is 12.4. The molecule has 23 atom stereocenters. The number of fused-ring (bicyclic) bond motifs is 7. The first-order valence-corrected chi connectivity index (χ1v) is 20.5. The van der Waals surface area contributed by atoms with Gasteiger partial charge in [0, 0.05) is 30.6 Å². The summed E-state index contributed by atoms with van der Waals surface area (Å²) in [7, 11) is 0. The highest BCUT2D eigenvalue weighted by atomic mass is 16.7. The second kappa shape index (κ2) is 15.4. The van der Waals surface area contributed by atoms with Gasteiger partial charge in [0.2, 0.25) is 0 Å². The summed E-state index contributed by atoms with van der Waals surface area (Å²) in [5, 5.41) is 117. The number of ether oxygens (including phenoxy) is 5. The van der Waals surface area contributed by atoms with Gasteiger partial charge >= 0.3 is 0 Å². The van der Waals surface area contributed by atoms with E-state index in [1.165, 1.54) is 0 Å². The molecule has 4 saturated carbocycles. The van der Waals surface area contributed by atoms with E-state index in [1.807, 2.05) is 13.8 Å². The zero-order valence-electron chi connectivity index (χ0n) is 32.4. The molecule has 55 heavy (non-hydrogen) atoms. The quantitative estimate of drug-likeness (QED) is 0.112. The van der Waals surface area contributed by atoms with Crippen molar-refractivity contribution in [2.45, 2.75) is 177 Å². The number of hydrogen-bond donors (Lipinski definition) is 11. The van der Waals surface area contributed by atoms with E-state index in [4.69, 9.17) is 23.7 Å². The lowest BCUT2D eigenvalue weighted by atomic mass is 9.42. The molecule has 0 unspecified atom stereocenters. The second-order valence-corrected chi connectivity index (χ2v) is 18.9. The molecule has 3 saturated heterocycles. The van der Waals surface area contributed by atoms with Crippen molar-refractivity contribution in [2.24, 2.45) is 46.3 Å². The molecule has 7 rings (SSSR count). The normalized spacial score (nSPS) is 57.0. The smallest absolute Gasteiger partial charge is 0.186 e. The summed E-state index contributed by atoms with van der Waals surface area (Å²) < 4.78 is 29.5. The lowest BCUT2D eigenvalue weighted by Crippen LogP contribution is -2.68. The van der Waals surface area contributed by atoms with Crippen LogP contribution in [0.2, 0.25) is 0 Å². The van der Waals surface area contributed by atoms with Crippen LogP contribution in [0.5, 0.6) is 0 Å². The van der Waals surface area contributed by atoms with E-state index >= 15 is 0 Å². The third-order valence-corrected chi connectivity index (χ3v) is 16.1. The minimum atomic E-state index is -1.59. The van der Waals surface area contributed by atoms with Gasteiger partial charge in [0.15, 0.2) is 18.4 Å². The van der Waals surface area contributed by atoms with Crippen LogP contribution in [0.3, 0.4) is 0 Å². The third-order valence-electron chi connectivity index (χ3n) is 16.1. The third kappa shape index (κ3) is 6.85. The molecule has 0 bridgehead atoms. The Labute approximate surface area is 322 Å². The van der Waals surface area contributed by atoms with Crippen molar-refractivity contribution in [3.63, 3.8) is 0 Å². The Morgan fingerprint density at radius 1 is 0.764 bits per heavy atom. The largest absolute Gasteiger partial charge is 0.394 e. The summed E-state index contributed by atoms with van der Waals surface area (Å²) in [6.45, 7) is 7.37. The summed E-state index contributed by atoms with van der Waals surface area (Å²) in [5.41, 5.74) is -2.21. The molecule has 318 valence electrons. The first kappa shape index (κ1) is 42.5. The molecule has 11 N–H and O–H groups in total. The van der Waals surface area contributed by atoms with E-state index in [9.17, 15) is 56.2 Å². The summed E-state index contributed by atoms with van der Waals surface area (Å²) in [5.74, 6) is -0.912. The van der Waals surface area contributed by atoms with Crippen molar-refractivity contribution in [3.05, 3.63) is 0 Å². The fourth-order valence-electron chi connectivity index (χ4n) is 12.7. The SMILES string of the molecule is C[C@@H](CC[C@@]1(O)O[C@H]2C[C@H]3[C@@H]4CC[C@]5(O)C[C@@H](O[C@@H]6O[C@H](CO)[C@@H](O)[C@H](O)[C@H]6O)C[C@@H](O)[C@]5(C)[C@H]4CC[C@]3(C)[C@H]2[C@@H]1C)CO[C@@H]1O[C@H](CO)[C@@H](O)[C@H](O)[C@H]1O. The molecular weight excluding hydrogens is 724 g/mol. The van der Waals surface area contributed by atoms with Gasteiger partial charge < -0.3 is 79.9 Å². The molecule has 7 fully saturated rings. The van der Waals surface area contributed by atoms with Crippen LogP contribution in [0.4, 0.5) is 0 Å². The van der Waals surface area contributed by atoms with E-state index in [0.717, 1.165) is 25.7 Å². The molecule has 0 aromatic heterocycles. The van der Waals surface area contributed by atoms with Gasteiger partial charge in [-0.2, -0.15) is 0 Å². The fraction of sp³-hybridized carbons (Fsp3) is 1.00. The number of hydrogen-bond acceptors (Lipinski definition) is 16. The Hall–Kier alpha value is -0.640. The molecule has 3 aliphatic heterocycles. The molecule has 3 heterocycles. The van der Waals surface area contributed by atoms with E-state index in [-0.39, 0.29) is 66.5 Å². The number of aliphatic hydroxyl groups is 11. The Kier molecular flexibility index (Phi) is 11.9. The maximum atomic E-state index is 12.4. The van der Waals surface area contributed by atoms with Crippen LogP contribution in [0.25, 0.3) is 0 Å². The van der Waals surface area contributed by atoms with Crippen LogP contribution < -0.4 is 0 Å². The van der Waals surface area contributed by atoms with Crippen molar-refractivity contribution in [1.82, 2.24) is 0 Å². The lowest BCUT2D eigenvalue weighted by molar-refractivity contribution is -0.330.